The Bertz CT molecular complexity index is 924. The summed E-state index contributed by atoms with van der Waals surface area (Å²) in [4.78, 5) is 2.09. The van der Waals surface area contributed by atoms with Crippen LogP contribution in [0.1, 0.15) is 12.0 Å². The van der Waals surface area contributed by atoms with Crippen LogP contribution in [0.2, 0.25) is 0 Å². The second-order valence-corrected chi connectivity index (χ2v) is 8.14. The average Bonchev–Trinajstić information content (AvgIpc) is 3.10. The second-order valence-electron chi connectivity index (χ2n) is 6.53. The highest BCUT2D eigenvalue weighted by molar-refractivity contribution is 7.90. The Labute approximate surface area is 153 Å². The summed E-state index contributed by atoms with van der Waals surface area (Å²) in [6.07, 6.45) is 4.92. The van der Waals surface area contributed by atoms with Crippen molar-refractivity contribution in [2.24, 2.45) is 10.3 Å². The van der Waals surface area contributed by atoms with Crippen LogP contribution in [0.5, 0.6) is 0 Å². The molecule has 134 valence electrons. The van der Waals surface area contributed by atoms with Crippen molar-refractivity contribution in [1.29, 1.82) is 0 Å². The molecule has 1 aliphatic carbocycles. The lowest BCUT2D eigenvalue weighted by atomic mass is 10.0. The number of allylic oxidation sites excluding steroid dienone is 1. The minimum Gasteiger partial charge on any atom is -0.456 e. The molecule has 1 saturated heterocycles. The van der Waals surface area contributed by atoms with Gasteiger partial charge in [-0.3, -0.25) is 0 Å². The Hall–Kier alpha value is -2.60. The SMILES string of the molecule is O=S(=O)(/N=C1/O[C@H]2C=CC[C@H]2CN1Cc1ccccc1)c1ccccc1. The van der Waals surface area contributed by atoms with Gasteiger partial charge in [0.25, 0.3) is 10.0 Å². The van der Waals surface area contributed by atoms with Crippen molar-refractivity contribution in [2.75, 3.05) is 6.54 Å². The number of fused-ring (bicyclic) bond motifs is 1. The van der Waals surface area contributed by atoms with E-state index in [9.17, 15) is 8.42 Å². The minimum absolute atomic E-state index is 0.105. The number of rotatable bonds is 4. The number of hydrogen-bond donors (Lipinski definition) is 0. The fraction of sp³-hybridized carbons (Fsp3) is 0.250. The van der Waals surface area contributed by atoms with E-state index in [4.69, 9.17) is 4.74 Å². The maximum Gasteiger partial charge on any atom is 0.304 e. The van der Waals surface area contributed by atoms with E-state index in [0.29, 0.717) is 12.5 Å². The van der Waals surface area contributed by atoms with Gasteiger partial charge in [0, 0.05) is 19.0 Å². The molecule has 2 aromatic carbocycles. The number of benzene rings is 2. The maximum atomic E-state index is 12.7. The van der Waals surface area contributed by atoms with Gasteiger partial charge in [-0.05, 0) is 30.2 Å². The molecule has 0 N–H and O–H groups in total. The standard InChI is InChI=1S/C20H20N2O3S/c23-26(24,18-11-5-2-6-12-18)21-20-22(14-16-8-3-1-4-9-16)15-17-10-7-13-19(17)25-20/h1-9,11-13,17,19H,10,14-15H2/b21-20+/t17-,19-/m0/s1. The molecule has 0 saturated carbocycles. The summed E-state index contributed by atoms with van der Waals surface area (Å²) in [7, 11) is -3.82. The molecular formula is C20H20N2O3S. The smallest absolute Gasteiger partial charge is 0.304 e. The van der Waals surface area contributed by atoms with Crippen molar-refractivity contribution in [1.82, 2.24) is 4.90 Å². The van der Waals surface area contributed by atoms with Crippen LogP contribution < -0.4 is 0 Å². The molecular weight excluding hydrogens is 348 g/mol. The highest BCUT2D eigenvalue weighted by Gasteiger charge is 2.36. The summed E-state index contributed by atoms with van der Waals surface area (Å²) < 4.78 is 35.4. The Morgan fingerprint density at radius 2 is 1.73 bits per heavy atom. The third kappa shape index (κ3) is 3.51. The van der Waals surface area contributed by atoms with E-state index in [1.807, 2.05) is 41.3 Å². The van der Waals surface area contributed by atoms with Gasteiger partial charge in [0.15, 0.2) is 0 Å². The molecule has 2 aromatic rings. The van der Waals surface area contributed by atoms with Gasteiger partial charge in [-0.1, -0.05) is 54.6 Å². The molecule has 4 rings (SSSR count). The normalized spacial score (nSPS) is 23.7. The Balaban J connectivity index is 1.66. The molecule has 0 amide bonds. The highest BCUT2D eigenvalue weighted by atomic mass is 32.2. The van der Waals surface area contributed by atoms with E-state index < -0.39 is 10.0 Å². The van der Waals surface area contributed by atoms with Crippen molar-refractivity contribution in [3.05, 3.63) is 78.4 Å². The Morgan fingerprint density at radius 3 is 2.46 bits per heavy atom. The van der Waals surface area contributed by atoms with Gasteiger partial charge >= 0.3 is 6.02 Å². The van der Waals surface area contributed by atoms with Crippen LogP contribution >= 0.6 is 0 Å². The molecule has 0 bridgehead atoms. The van der Waals surface area contributed by atoms with Crippen molar-refractivity contribution < 1.29 is 13.2 Å². The number of ether oxygens (including phenoxy) is 1. The molecule has 0 aromatic heterocycles. The average molecular weight is 368 g/mol. The third-order valence-corrected chi connectivity index (χ3v) is 5.92. The van der Waals surface area contributed by atoms with E-state index in [0.717, 1.165) is 18.5 Å². The van der Waals surface area contributed by atoms with Gasteiger partial charge in [-0.2, -0.15) is 8.42 Å². The van der Waals surface area contributed by atoms with Crippen LogP contribution in [0.4, 0.5) is 0 Å². The summed E-state index contributed by atoms with van der Waals surface area (Å²) in [6.45, 7) is 1.28. The molecule has 2 atom stereocenters. The minimum atomic E-state index is -3.82. The fourth-order valence-electron chi connectivity index (χ4n) is 3.31. The van der Waals surface area contributed by atoms with E-state index in [1.165, 1.54) is 0 Å². The predicted octanol–water partition coefficient (Wildman–Crippen LogP) is 3.21. The van der Waals surface area contributed by atoms with Crippen LogP contribution in [0.15, 0.2) is 82.1 Å². The zero-order valence-electron chi connectivity index (χ0n) is 14.2. The van der Waals surface area contributed by atoms with E-state index >= 15 is 0 Å². The molecule has 0 unspecified atom stereocenters. The second kappa shape index (κ2) is 6.96. The van der Waals surface area contributed by atoms with Crippen LogP contribution in [-0.2, 0) is 21.3 Å². The molecule has 1 aliphatic heterocycles. The van der Waals surface area contributed by atoms with Crippen molar-refractivity contribution >= 4 is 16.0 Å². The summed E-state index contributed by atoms with van der Waals surface area (Å²) >= 11 is 0. The predicted molar refractivity (Wildman–Crippen MR) is 100 cm³/mol. The van der Waals surface area contributed by atoms with Crippen LogP contribution in [0.25, 0.3) is 0 Å². The molecule has 0 spiro atoms. The fourth-order valence-corrected chi connectivity index (χ4v) is 4.28. The quantitative estimate of drug-likeness (QED) is 0.778. The summed E-state index contributed by atoms with van der Waals surface area (Å²) in [5.74, 6) is 0.331. The van der Waals surface area contributed by atoms with Crippen LogP contribution in [0, 0.1) is 5.92 Å². The molecule has 2 aliphatic rings. The lowest BCUT2D eigenvalue weighted by molar-refractivity contribution is 0.0772. The Morgan fingerprint density at radius 1 is 1.04 bits per heavy atom. The molecule has 5 nitrogen and oxygen atoms in total. The van der Waals surface area contributed by atoms with Gasteiger partial charge in [-0.25, -0.2) is 0 Å². The summed E-state index contributed by atoms with van der Waals surface area (Å²) in [5.41, 5.74) is 1.09. The highest BCUT2D eigenvalue weighted by Crippen LogP contribution is 2.29. The van der Waals surface area contributed by atoms with E-state index in [2.05, 4.69) is 10.5 Å². The lowest BCUT2D eigenvalue weighted by Crippen LogP contribution is -2.46. The van der Waals surface area contributed by atoms with Crippen LogP contribution in [0.3, 0.4) is 0 Å². The topological polar surface area (TPSA) is 59.0 Å². The molecule has 1 fully saturated rings. The number of amidine groups is 1. The third-order valence-electron chi connectivity index (χ3n) is 4.65. The number of nitrogens with zero attached hydrogens (tertiary/aromatic N) is 2. The van der Waals surface area contributed by atoms with Gasteiger partial charge in [0.2, 0.25) is 0 Å². The number of hydrogen-bond acceptors (Lipinski definition) is 3. The van der Waals surface area contributed by atoms with Gasteiger partial charge in [-0.15, -0.1) is 4.40 Å². The Kier molecular flexibility index (Phi) is 4.51. The van der Waals surface area contributed by atoms with E-state index in [1.54, 1.807) is 30.3 Å². The molecule has 6 heteroatoms. The number of sulfonamides is 1. The van der Waals surface area contributed by atoms with Crippen molar-refractivity contribution in [3.8, 4) is 0 Å². The first-order valence-electron chi connectivity index (χ1n) is 8.64. The monoisotopic (exact) mass is 368 g/mol. The van der Waals surface area contributed by atoms with Gasteiger partial charge in [0.1, 0.15) is 6.10 Å². The van der Waals surface area contributed by atoms with Crippen molar-refractivity contribution in [2.45, 2.75) is 24.0 Å². The van der Waals surface area contributed by atoms with Gasteiger partial charge in [0.05, 0.1) is 4.90 Å². The lowest BCUT2D eigenvalue weighted by Gasteiger charge is -2.37. The van der Waals surface area contributed by atoms with Gasteiger partial charge < -0.3 is 9.64 Å². The zero-order valence-corrected chi connectivity index (χ0v) is 15.0. The first-order valence-corrected chi connectivity index (χ1v) is 10.1. The largest absolute Gasteiger partial charge is 0.456 e. The van der Waals surface area contributed by atoms with E-state index in [-0.39, 0.29) is 17.0 Å². The maximum absolute atomic E-state index is 12.7. The first-order chi connectivity index (χ1) is 12.6. The summed E-state index contributed by atoms with van der Waals surface area (Å²) in [5, 5.41) is 0. The zero-order chi connectivity index (χ0) is 18.0. The molecule has 0 radical (unpaired) electrons. The van der Waals surface area contributed by atoms with Crippen molar-refractivity contribution in [3.63, 3.8) is 0 Å². The van der Waals surface area contributed by atoms with Crippen LogP contribution in [-0.4, -0.2) is 32.0 Å². The first kappa shape index (κ1) is 16.8. The molecule has 1 heterocycles. The molecule has 26 heavy (non-hydrogen) atoms. The summed E-state index contributed by atoms with van der Waals surface area (Å²) in [6, 6.07) is 18.3.